The molecule has 1 spiro atoms. The van der Waals surface area contributed by atoms with Crippen molar-refractivity contribution in [3.8, 4) is 0 Å². The van der Waals surface area contributed by atoms with E-state index in [0.29, 0.717) is 44.7 Å². The molecule has 2 aliphatic rings. The van der Waals surface area contributed by atoms with Crippen LogP contribution in [-0.4, -0.2) is 51.3 Å². The Hall–Kier alpha value is -2.26. The van der Waals surface area contributed by atoms with Crippen LogP contribution in [0.2, 0.25) is 0 Å². The normalized spacial score (nSPS) is 18.6. The number of ether oxygens (including phenoxy) is 2. The number of nitrogens with zero attached hydrogens (tertiary/aromatic N) is 1. The number of amides is 1. The standard InChI is InChI=1S/C25H32N2O5S/c1-24(2,3)21-8-10-22(11-9-21)33(29,30)26-18-19-4-6-20(7-5-19)23(28)27-14-12-25(13-15-27)31-16-17-32-25/h4-11,26H,12-18H2,1-3H3. The second kappa shape index (κ2) is 9.18. The van der Waals surface area contributed by atoms with Crippen LogP contribution in [0.3, 0.4) is 0 Å². The molecular formula is C25H32N2O5S. The predicted molar refractivity (Wildman–Crippen MR) is 125 cm³/mol. The van der Waals surface area contributed by atoms with E-state index in [0.717, 1.165) is 11.1 Å². The van der Waals surface area contributed by atoms with Gasteiger partial charge in [0.05, 0.1) is 18.1 Å². The lowest BCUT2D eigenvalue weighted by Crippen LogP contribution is -2.47. The maximum absolute atomic E-state index is 12.8. The number of rotatable bonds is 5. The highest BCUT2D eigenvalue weighted by Crippen LogP contribution is 2.31. The second-order valence-electron chi connectivity index (χ2n) is 9.70. The Labute approximate surface area is 196 Å². The van der Waals surface area contributed by atoms with Gasteiger partial charge in [0.15, 0.2) is 5.79 Å². The smallest absolute Gasteiger partial charge is 0.253 e. The topological polar surface area (TPSA) is 84.9 Å². The monoisotopic (exact) mass is 472 g/mol. The zero-order chi connectivity index (χ0) is 23.7. The molecule has 0 radical (unpaired) electrons. The van der Waals surface area contributed by atoms with Gasteiger partial charge in [-0.1, -0.05) is 45.0 Å². The molecule has 0 atom stereocenters. The average Bonchev–Trinajstić information content (AvgIpc) is 3.25. The molecule has 1 amide bonds. The number of benzene rings is 2. The van der Waals surface area contributed by atoms with E-state index in [1.54, 1.807) is 36.4 Å². The van der Waals surface area contributed by atoms with E-state index >= 15 is 0 Å². The Morgan fingerprint density at radius 2 is 1.55 bits per heavy atom. The third kappa shape index (κ3) is 5.46. The molecule has 33 heavy (non-hydrogen) atoms. The lowest BCUT2D eigenvalue weighted by molar-refractivity contribution is -0.181. The van der Waals surface area contributed by atoms with E-state index in [4.69, 9.17) is 9.47 Å². The molecule has 0 aliphatic carbocycles. The summed E-state index contributed by atoms with van der Waals surface area (Å²) in [6.07, 6.45) is 1.35. The van der Waals surface area contributed by atoms with Crippen molar-refractivity contribution in [3.05, 3.63) is 65.2 Å². The summed E-state index contributed by atoms with van der Waals surface area (Å²) in [6.45, 7) is 8.82. The summed E-state index contributed by atoms with van der Waals surface area (Å²) in [4.78, 5) is 14.9. The molecule has 0 unspecified atom stereocenters. The van der Waals surface area contributed by atoms with Crippen molar-refractivity contribution in [2.45, 2.75) is 56.3 Å². The van der Waals surface area contributed by atoms with Gasteiger partial charge in [0.25, 0.3) is 5.91 Å². The molecule has 2 saturated heterocycles. The van der Waals surface area contributed by atoms with Crippen LogP contribution in [-0.2, 0) is 31.5 Å². The summed E-state index contributed by atoms with van der Waals surface area (Å²) in [7, 11) is -3.62. The fourth-order valence-electron chi connectivity index (χ4n) is 4.18. The van der Waals surface area contributed by atoms with Crippen molar-refractivity contribution < 1.29 is 22.7 Å². The number of carbonyl (C=O) groups is 1. The largest absolute Gasteiger partial charge is 0.347 e. The van der Waals surface area contributed by atoms with Crippen LogP contribution < -0.4 is 4.72 Å². The highest BCUT2D eigenvalue weighted by atomic mass is 32.2. The quantitative estimate of drug-likeness (QED) is 0.721. The minimum Gasteiger partial charge on any atom is -0.347 e. The van der Waals surface area contributed by atoms with Crippen LogP contribution in [0.1, 0.15) is 55.1 Å². The third-order valence-corrected chi connectivity index (χ3v) is 7.74. The summed E-state index contributed by atoms with van der Waals surface area (Å²) < 4.78 is 39.4. The van der Waals surface area contributed by atoms with Gasteiger partial charge >= 0.3 is 0 Å². The van der Waals surface area contributed by atoms with Crippen molar-refractivity contribution in [3.63, 3.8) is 0 Å². The molecule has 4 rings (SSSR count). The minimum atomic E-state index is -3.62. The number of hydrogen-bond acceptors (Lipinski definition) is 5. The number of sulfonamides is 1. The molecule has 0 bridgehead atoms. The Morgan fingerprint density at radius 1 is 0.970 bits per heavy atom. The molecule has 2 aliphatic heterocycles. The summed E-state index contributed by atoms with van der Waals surface area (Å²) in [6, 6.07) is 14.0. The molecule has 2 heterocycles. The van der Waals surface area contributed by atoms with Gasteiger partial charge in [0.1, 0.15) is 0 Å². The van der Waals surface area contributed by atoms with E-state index in [1.165, 1.54) is 0 Å². The Morgan fingerprint density at radius 3 is 2.09 bits per heavy atom. The maximum atomic E-state index is 12.8. The molecule has 0 aromatic heterocycles. The molecule has 2 aromatic carbocycles. The summed E-state index contributed by atoms with van der Waals surface area (Å²) in [5, 5.41) is 0. The van der Waals surface area contributed by atoms with Gasteiger partial charge in [0.2, 0.25) is 10.0 Å². The van der Waals surface area contributed by atoms with Crippen molar-refractivity contribution >= 4 is 15.9 Å². The lowest BCUT2D eigenvalue weighted by Gasteiger charge is -2.37. The highest BCUT2D eigenvalue weighted by Gasteiger charge is 2.40. The van der Waals surface area contributed by atoms with Crippen molar-refractivity contribution in [1.82, 2.24) is 9.62 Å². The van der Waals surface area contributed by atoms with Crippen molar-refractivity contribution in [2.24, 2.45) is 0 Å². The van der Waals surface area contributed by atoms with E-state index < -0.39 is 15.8 Å². The lowest BCUT2D eigenvalue weighted by atomic mass is 9.87. The van der Waals surface area contributed by atoms with Crippen LogP contribution in [0.5, 0.6) is 0 Å². The molecule has 7 nitrogen and oxygen atoms in total. The first-order valence-electron chi connectivity index (χ1n) is 11.3. The van der Waals surface area contributed by atoms with Crippen LogP contribution >= 0.6 is 0 Å². The second-order valence-corrected chi connectivity index (χ2v) is 11.5. The van der Waals surface area contributed by atoms with Crippen LogP contribution in [0, 0.1) is 0 Å². The van der Waals surface area contributed by atoms with Gasteiger partial charge in [-0.2, -0.15) is 0 Å². The Bertz CT molecular complexity index is 1070. The molecule has 8 heteroatoms. The minimum absolute atomic E-state index is 0.0334. The first kappa shape index (κ1) is 23.9. The summed E-state index contributed by atoms with van der Waals surface area (Å²) >= 11 is 0. The highest BCUT2D eigenvalue weighted by molar-refractivity contribution is 7.89. The van der Waals surface area contributed by atoms with Gasteiger partial charge in [-0.15, -0.1) is 0 Å². The number of hydrogen-bond donors (Lipinski definition) is 1. The van der Waals surface area contributed by atoms with Gasteiger partial charge < -0.3 is 14.4 Å². The molecule has 0 saturated carbocycles. The number of carbonyl (C=O) groups excluding carboxylic acids is 1. The predicted octanol–water partition coefficient (Wildman–Crippen LogP) is 3.44. The fraction of sp³-hybridized carbons (Fsp3) is 0.480. The SMILES string of the molecule is CC(C)(C)c1ccc(S(=O)(=O)NCc2ccc(C(=O)N3CCC4(CC3)OCCO4)cc2)cc1. The summed E-state index contributed by atoms with van der Waals surface area (Å²) in [5.74, 6) is -0.542. The number of piperidine rings is 1. The van der Waals surface area contributed by atoms with Crippen LogP contribution in [0.15, 0.2) is 53.4 Å². The first-order chi connectivity index (χ1) is 15.6. The zero-order valence-electron chi connectivity index (χ0n) is 19.5. The van der Waals surface area contributed by atoms with Crippen molar-refractivity contribution in [2.75, 3.05) is 26.3 Å². The maximum Gasteiger partial charge on any atom is 0.253 e. The zero-order valence-corrected chi connectivity index (χ0v) is 20.3. The number of nitrogens with one attached hydrogen (secondary N) is 1. The molecule has 178 valence electrons. The first-order valence-corrected chi connectivity index (χ1v) is 12.8. The Balaban J connectivity index is 1.33. The van der Waals surface area contributed by atoms with E-state index in [-0.39, 0.29) is 22.8 Å². The third-order valence-electron chi connectivity index (χ3n) is 6.32. The fourth-order valence-corrected chi connectivity index (χ4v) is 5.20. The molecule has 2 aromatic rings. The van der Waals surface area contributed by atoms with Crippen LogP contribution in [0.25, 0.3) is 0 Å². The molecular weight excluding hydrogens is 440 g/mol. The van der Waals surface area contributed by atoms with Crippen molar-refractivity contribution in [1.29, 1.82) is 0 Å². The van der Waals surface area contributed by atoms with Gasteiger partial charge in [-0.3, -0.25) is 4.79 Å². The van der Waals surface area contributed by atoms with Crippen LogP contribution in [0.4, 0.5) is 0 Å². The number of likely N-dealkylation sites (tertiary alicyclic amines) is 1. The Kier molecular flexibility index (Phi) is 6.64. The molecule has 1 N–H and O–H groups in total. The van der Waals surface area contributed by atoms with Gasteiger partial charge in [-0.05, 0) is 40.8 Å². The van der Waals surface area contributed by atoms with Gasteiger partial charge in [0, 0.05) is 38.0 Å². The average molecular weight is 473 g/mol. The van der Waals surface area contributed by atoms with E-state index in [2.05, 4.69) is 25.5 Å². The van der Waals surface area contributed by atoms with Gasteiger partial charge in [-0.25, -0.2) is 13.1 Å². The molecule has 2 fully saturated rings. The van der Waals surface area contributed by atoms with E-state index in [1.807, 2.05) is 17.0 Å². The summed E-state index contributed by atoms with van der Waals surface area (Å²) in [5.41, 5.74) is 2.41. The van der Waals surface area contributed by atoms with E-state index in [9.17, 15) is 13.2 Å².